The Kier molecular flexibility index (Phi) is 5.33. The van der Waals surface area contributed by atoms with Gasteiger partial charge in [0.1, 0.15) is 0 Å². The smallest absolute Gasteiger partial charge is 0.268 e. The summed E-state index contributed by atoms with van der Waals surface area (Å²) in [5, 5.41) is 10.6. The van der Waals surface area contributed by atoms with E-state index in [0.717, 1.165) is 16.4 Å². The summed E-state index contributed by atoms with van der Waals surface area (Å²) < 4.78 is 39.4. The third-order valence-corrected chi connectivity index (χ3v) is 4.02. The van der Waals surface area contributed by atoms with Crippen LogP contribution < -0.4 is 4.72 Å². The number of hydrogen-bond acceptors (Lipinski definition) is 5. The van der Waals surface area contributed by atoms with E-state index in [1.807, 2.05) is 0 Å². The second-order valence-electron chi connectivity index (χ2n) is 4.18. The normalized spacial score (nSPS) is 11.4. The highest BCUT2D eigenvalue weighted by atomic mass is 32.2. The van der Waals surface area contributed by atoms with Gasteiger partial charge in [0.15, 0.2) is 0 Å². The number of nitro groups is 1. The maximum atomic E-state index is 13.2. The van der Waals surface area contributed by atoms with Gasteiger partial charge in [-0.15, -0.1) is 0 Å². The van der Waals surface area contributed by atoms with Gasteiger partial charge in [-0.1, -0.05) is 6.92 Å². The van der Waals surface area contributed by atoms with E-state index in [2.05, 4.69) is 0 Å². The number of carbonyl (C=O) groups is 1. The van der Waals surface area contributed by atoms with Crippen molar-refractivity contribution < 1.29 is 22.5 Å². The van der Waals surface area contributed by atoms with Gasteiger partial charge in [0.05, 0.1) is 4.92 Å². The number of benzene rings is 1. The Morgan fingerprint density at radius 2 is 2.10 bits per heavy atom. The summed E-state index contributed by atoms with van der Waals surface area (Å²) in [6, 6.07) is 2.38. The summed E-state index contributed by atoms with van der Waals surface area (Å²) in [6.07, 6.45) is 0.549. The predicted molar refractivity (Wildman–Crippen MR) is 72.4 cm³/mol. The van der Waals surface area contributed by atoms with Crippen molar-refractivity contribution in [2.75, 3.05) is 13.6 Å². The Bertz CT molecular complexity index is 662. The van der Waals surface area contributed by atoms with Gasteiger partial charge < -0.3 is 0 Å². The zero-order chi connectivity index (χ0) is 16.2. The molecule has 0 aliphatic rings. The maximum Gasteiger partial charge on any atom is 0.305 e. The van der Waals surface area contributed by atoms with Gasteiger partial charge in [-0.2, -0.15) is 17.1 Å². The first kappa shape index (κ1) is 17.0. The van der Waals surface area contributed by atoms with E-state index in [-0.39, 0.29) is 12.1 Å². The summed E-state index contributed by atoms with van der Waals surface area (Å²) in [6.45, 7) is 1.96. The molecule has 0 saturated heterocycles. The number of carbonyl (C=O) groups excluding carboxylic acids is 1. The molecule has 0 fully saturated rings. The SMILES string of the molecule is CCCN(C)S(=O)(=O)NC(=O)c1ccc(F)c([N+](=O)[O-])c1. The number of nitrogens with one attached hydrogen (secondary N) is 1. The molecule has 0 heterocycles. The molecule has 0 aromatic heterocycles. The van der Waals surface area contributed by atoms with Crippen LogP contribution >= 0.6 is 0 Å². The third-order valence-electron chi connectivity index (χ3n) is 2.58. The summed E-state index contributed by atoms with van der Waals surface area (Å²) in [4.78, 5) is 21.4. The zero-order valence-corrected chi connectivity index (χ0v) is 12.2. The van der Waals surface area contributed by atoms with Crippen molar-refractivity contribution in [3.63, 3.8) is 0 Å². The van der Waals surface area contributed by atoms with Crippen molar-refractivity contribution in [2.45, 2.75) is 13.3 Å². The minimum Gasteiger partial charge on any atom is -0.268 e. The molecule has 1 N–H and O–H groups in total. The molecule has 0 radical (unpaired) electrons. The van der Waals surface area contributed by atoms with E-state index in [4.69, 9.17) is 0 Å². The first-order valence-corrected chi connectivity index (χ1v) is 7.35. The van der Waals surface area contributed by atoms with Gasteiger partial charge in [0.25, 0.3) is 5.91 Å². The maximum absolute atomic E-state index is 13.2. The van der Waals surface area contributed by atoms with Gasteiger partial charge in [-0.25, -0.2) is 4.72 Å². The van der Waals surface area contributed by atoms with Crippen LogP contribution in [0.3, 0.4) is 0 Å². The average Bonchev–Trinajstić information content (AvgIpc) is 2.38. The monoisotopic (exact) mass is 319 g/mol. The highest BCUT2D eigenvalue weighted by molar-refractivity contribution is 7.87. The fourth-order valence-electron chi connectivity index (χ4n) is 1.48. The molecule has 21 heavy (non-hydrogen) atoms. The third kappa shape index (κ3) is 4.20. The van der Waals surface area contributed by atoms with Crippen LogP contribution in [0.5, 0.6) is 0 Å². The Balaban J connectivity index is 3.00. The van der Waals surface area contributed by atoms with Gasteiger partial charge in [0.2, 0.25) is 5.82 Å². The predicted octanol–water partition coefficient (Wildman–Crippen LogP) is 1.05. The molecular formula is C11H14FN3O5S. The highest BCUT2D eigenvalue weighted by Crippen LogP contribution is 2.18. The zero-order valence-electron chi connectivity index (χ0n) is 11.4. The number of nitrogens with zero attached hydrogens (tertiary/aromatic N) is 2. The Hall–Kier alpha value is -2.07. The molecule has 1 aromatic carbocycles. The largest absolute Gasteiger partial charge is 0.305 e. The molecule has 0 aliphatic heterocycles. The first-order valence-electron chi connectivity index (χ1n) is 5.91. The van der Waals surface area contributed by atoms with Crippen molar-refractivity contribution in [1.29, 1.82) is 0 Å². The Morgan fingerprint density at radius 1 is 1.48 bits per heavy atom. The fraction of sp³-hybridized carbons (Fsp3) is 0.364. The van der Waals surface area contributed by atoms with Gasteiger partial charge in [-0.3, -0.25) is 14.9 Å². The topological polar surface area (TPSA) is 110 Å². The average molecular weight is 319 g/mol. The van der Waals surface area contributed by atoms with Crippen LogP contribution in [0.15, 0.2) is 18.2 Å². The van der Waals surface area contributed by atoms with Crippen molar-refractivity contribution in [3.8, 4) is 0 Å². The first-order chi connectivity index (χ1) is 9.69. The molecule has 10 heteroatoms. The van der Waals surface area contributed by atoms with Crippen LogP contribution in [0.4, 0.5) is 10.1 Å². The van der Waals surface area contributed by atoms with Crippen molar-refractivity contribution in [3.05, 3.63) is 39.7 Å². The minimum absolute atomic E-state index is 0.201. The molecular weight excluding hydrogens is 305 g/mol. The molecule has 0 spiro atoms. The molecule has 8 nitrogen and oxygen atoms in total. The van der Waals surface area contributed by atoms with Gasteiger partial charge >= 0.3 is 15.9 Å². The molecule has 0 saturated carbocycles. The lowest BCUT2D eigenvalue weighted by Crippen LogP contribution is -2.41. The van der Waals surface area contributed by atoms with E-state index < -0.39 is 32.5 Å². The molecule has 1 rings (SSSR count). The minimum atomic E-state index is -4.04. The summed E-state index contributed by atoms with van der Waals surface area (Å²) in [5.41, 5.74) is -1.22. The van der Waals surface area contributed by atoms with E-state index in [1.54, 1.807) is 11.6 Å². The highest BCUT2D eigenvalue weighted by Gasteiger charge is 2.23. The summed E-state index contributed by atoms with van der Waals surface area (Å²) >= 11 is 0. The Morgan fingerprint density at radius 3 is 2.62 bits per heavy atom. The second-order valence-corrected chi connectivity index (χ2v) is 5.96. The number of halogens is 1. The molecule has 0 bridgehead atoms. The van der Waals surface area contributed by atoms with E-state index in [9.17, 15) is 27.7 Å². The van der Waals surface area contributed by atoms with Crippen LogP contribution in [0, 0.1) is 15.9 Å². The summed E-state index contributed by atoms with van der Waals surface area (Å²) in [7, 11) is -2.76. The molecule has 0 atom stereocenters. The van der Waals surface area contributed by atoms with Crippen molar-refractivity contribution >= 4 is 21.8 Å². The second kappa shape index (κ2) is 6.59. The van der Waals surface area contributed by atoms with Crippen LogP contribution in [0.1, 0.15) is 23.7 Å². The van der Waals surface area contributed by atoms with E-state index in [1.165, 1.54) is 7.05 Å². The van der Waals surface area contributed by atoms with Crippen molar-refractivity contribution in [1.82, 2.24) is 9.03 Å². The van der Waals surface area contributed by atoms with Crippen LogP contribution in [0.2, 0.25) is 0 Å². The number of rotatable bonds is 6. The van der Waals surface area contributed by atoms with Gasteiger partial charge in [-0.05, 0) is 18.6 Å². The molecule has 116 valence electrons. The van der Waals surface area contributed by atoms with Crippen LogP contribution in [-0.4, -0.2) is 37.1 Å². The molecule has 0 aliphatic carbocycles. The summed E-state index contributed by atoms with van der Waals surface area (Å²) in [5.74, 6) is -2.18. The quantitative estimate of drug-likeness (QED) is 0.622. The van der Waals surface area contributed by atoms with Crippen LogP contribution in [0.25, 0.3) is 0 Å². The lowest BCUT2D eigenvalue weighted by atomic mass is 10.2. The van der Waals surface area contributed by atoms with Crippen molar-refractivity contribution in [2.24, 2.45) is 0 Å². The number of nitro benzene ring substituents is 1. The number of hydrogen-bond donors (Lipinski definition) is 1. The number of amides is 1. The Labute approximate surface area is 120 Å². The van der Waals surface area contributed by atoms with E-state index in [0.29, 0.717) is 12.5 Å². The van der Waals surface area contributed by atoms with Crippen LogP contribution in [-0.2, 0) is 10.2 Å². The lowest BCUT2D eigenvalue weighted by molar-refractivity contribution is -0.387. The standard InChI is InChI=1S/C11H14FN3O5S/c1-3-6-14(2)21(19,20)13-11(16)8-4-5-9(12)10(7-8)15(17)18/h4-5,7H,3,6H2,1-2H3,(H,13,16). The lowest BCUT2D eigenvalue weighted by Gasteiger charge is -2.16. The molecule has 1 aromatic rings. The molecule has 0 unspecified atom stereocenters. The molecule has 1 amide bonds. The fourth-order valence-corrected chi connectivity index (χ4v) is 2.41. The van der Waals surface area contributed by atoms with E-state index >= 15 is 0 Å². The van der Waals surface area contributed by atoms with Gasteiger partial charge in [0, 0.05) is 25.2 Å².